The van der Waals surface area contributed by atoms with Gasteiger partial charge in [-0.2, -0.15) is 5.10 Å². The first-order chi connectivity index (χ1) is 10.1. The van der Waals surface area contributed by atoms with Crippen LogP contribution in [0.2, 0.25) is 0 Å². The summed E-state index contributed by atoms with van der Waals surface area (Å²) in [5, 5.41) is 8.42. The molecular formula is C16H18N4O. The van der Waals surface area contributed by atoms with Crippen LogP contribution in [0.3, 0.4) is 0 Å². The van der Waals surface area contributed by atoms with Gasteiger partial charge in [-0.05, 0) is 23.1 Å². The third-order valence-corrected chi connectivity index (χ3v) is 3.54. The van der Waals surface area contributed by atoms with E-state index in [9.17, 15) is 0 Å². The fraction of sp³-hybridized carbons (Fsp3) is 0.250. The maximum Gasteiger partial charge on any atom is 0.230 e. The van der Waals surface area contributed by atoms with E-state index in [4.69, 9.17) is 10.3 Å². The number of nitrogens with zero attached hydrogens (tertiary/aromatic N) is 3. The molecule has 0 atom stereocenters. The van der Waals surface area contributed by atoms with Gasteiger partial charge in [0.05, 0.1) is 5.56 Å². The van der Waals surface area contributed by atoms with Crippen molar-refractivity contribution >= 4 is 5.88 Å². The van der Waals surface area contributed by atoms with Crippen molar-refractivity contribution in [2.24, 2.45) is 7.05 Å². The highest BCUT2D eigenvalue weighted by Gasteiger charge is 2.19. The molecule has 0 unspecified atom stereocenters. The lowest BCUT2D eigenvalue weighted by Gasteiger charge is -2.06. The Balaban J connectivity index is 2.08. The Morgan fingerprint density at radius 1 is 1.14 bits per heavy atom. The zero-order chi connectivity index (χ0) is 15.0. The molecule has 3 aromatic rings. The van der Waals surface area contributed by atoms with E-state index in [1.807, 2.05) is 31.4 Å². The summed E-state index contributed by atoms with van der Waals surface area (Å²) in [7, 11) is 1.87. The Morgan fingerprint density at radius 2 is 1.86 bits per heavy atom. The predicted octanol–water partition coefficient (Wildman–Crippen LogP) is 3.45. The Labute approximate surface area is 123 Å². The van der Waals surface area contributed by atoms with E-state index in [-0.39, 0.29) is 0 Å². The van der Waals surface area contributed by atoms with E-state index < -0.39 is 0 Å². The fourth-order valence-corrected chi connectivity index (χ4v) is 2.33. The minimum atomic E-state index is 0.313. The van der Waals surface area contributed by atoms with Crippen LogP contribution >= 0.6 is 0 Å². The summed E-state index contributed by atoms with van der Waals surface area (Å²) in [4.78, 5) is 0. The van der Waals surface area contributed by atoms with Crippen LogP contribution in [-0.4, -0.2) is 14.9 Å². The molecule has 0 fully saturated rings. The number of rotatable bonds is 3. The van der Waals surface area contributed by atoms with Gasteiger partial charge in [0.25, 0.3) is 0 Å². The second kappa shape index (κ2) is 5.09. The molecule has 2 aromatic heterocycles. The van der Waals surface area contributed by atoms with E-state index >= 15 is 0 Å². The van der Waals surface area contributed by atoms with Crippen molar-refractivity contribution in [1.29, 1.82) is 0 Å². The molecule has 5 nitrogen and oxygen atoms in total. The zero-order valence-electron chi connectivity index (χ0n) is 12.4. The van der Waals surface area contributed by atoms with Crippen LogP contribution in [0.5, 0.6) is 0 Å². The molecule has 0 bridgehead atoms. The smallest absolute Gasteiger partial charge is 0.230 e. The first-order valence-electron chi connectivity index (χ1n) is 6.91. The van der Waals surface area contributed by atoms with Crippen LogP contribution in [0.4, 0.5) is 5.88 Å². The molecule has 0 aliphatic carbocycles. The Morgan fingerprint density at radius 3 is 2.43 bits per heavy atom. The number of hydrogen-bond donors (Lipinski definition) is 1. The van der Waals surface area contributed by atoms with Gasteiger partial charge in [-0.25, -0.2) is 0 Å². The van der Waals surface area contributed by atoms with Crippen molar-refractivity contribution in [3.05, 3.63) is 42.1 Å². The molecule has 0 amide bonds. The number of aryl methyl sites for hydroxylation is 1. The highest BCUT2D eigenvalue weighted by molar-refractivity contribution is 5.85. The van der Waals surface area contributed by atoms with E-state index in [1.54, 1.807) is 4.68 Å². The quantitative estimate of drug-likeness (QED) is 0.798. The topological polar surface area (TPSA) is 69.9 Å². The van der Waals surface area contributed by atoms with Crippen molar-refractivity contribution in [3.8, 4) is 22.5 Å². The number of nitrogens with two attached hydrogens (primary N) is 1. The van der Waals surface area contributed by atoms with Crippen LogP contribution in [0.25, 0.3) is 22.5 Å². The first-order valence-corrected chi connectivity index (χ1v) is 6.91. The van der Waals surface area contributed by atoms with Gasteiger partial charge in [0.1, 0.15) is 11.4 Å². The van der Waals surface area contributed by atoms with Crippen molar-refractivity contribution in [1.82, 2.24) is 14.9 Å². The minimum absolute atomic E-state index is 0.313. The number of anilines is 1. The molecule has 1 aromatic carbocycles. The lowest BCUT2D eigenvalue weighted by atomic mass is 9.98. The van der Waals surface area contributed by atoms with Crippen molar-refractivity contribution in [3.63, 3.8) is 0 Å². The molecule has 0 radical (unpaired) electrons. The van der Waals surface area contributed by atoms with Gasteiger partial charge in [0.15, 0.2) is 0 Å². The maximum absolute atomic E-state index is 5.95. The SMILES string of the molecule is CC(C)c1ccc(-c2c(-c3ccn(C)n3)noc2N)cc1. The third kappa shape index (κ3) is 2.42. The van der Waals surface area contributed by atoms with Gasteiger partial charge < -0.3 is 10.3 Å². The minimum Gasteiger partial charge on any atom is -0.367 e. The molecule has 2 N–H and O–H groups in total. The van der Waals surface area contributed by atoms with Gasteiger partial charge in [-0.3, -0.25) is 4.68 Å². The number of hydrogen-bond acceptors (Lipinski definition) is 4. The van der Waals surface area contributed by atoms with Crippen LogP contribution < -0.4 is 5.73 Å². The van der Waals surface area contributed by atoms with E-state index in [0.29, 0.717) is 17.5 Å². The summed E-state index contributed by atoms with van der Waals surface area (Å²) < 4.78 is 6.90. The Hall–Kier alpha value is -2.56. The summed E-state index contributed by atoms with van der Waals surface area (Å²) in [5.74, 6) is 0.807. The highest BCUT2D eigenvalue weighted by Crippen LogP contribution is 2.35. The average molecular weight is 282 g/mol. The summed E-state index contributed by atoms with van der Waals surface area (Å²) in [5.41, 5.74) is 10.4. The number of aromatic nitrogens is 3. The van der Waals surface area contributed by atoms with Crippen molar-refractivity contribution < 1.29 is 4.52 Å². The second-order valence-corrected chi connectivity index (χ2v) is 5.42. The van der Waals surface area contributed by atoms with Gasteiger partial charge in [0.2, 0.25) is 5.88 Å². The monoisotopic (exact) mass is 282 g/mol. The summed E-state index contributed by atoms with van der Waals surface area (Å²) in [6.07, 6.45) is 1.87. The Bertz CT molecular complexity index is 753. The predicted molar refractivity (Wildman–Crippen MR) is 82.6 cm³/mol. The molecule has 0 aliphatic heterocycles. The van der Waals surface area contributed by atoms with Crippen LogP contribution in [0.1, 0.15) is 25.3 Å². The lowest BCUT2D eigenvalue weighted by molar-refractivity contribution is 0.439. The van der Waals surface area contributed by atoms with E-state index in [2.05, 4.69) is 36.2 Å². The maximum atomic E-state index is 5.95. The van der Waals surface area contributed by atoms with Crippen molar-refractivity contribution in [2.45, 2.75) is 19.8 Å². The number of nitrogen functional groups attached to an aromatic ring is 1. The zero-order valence-corrected chi connectivity index (χ0v) is 12.4. The molecule has 5 heteroatoms. The summed E-state index contributed by atoms with van der Waals surface area (Å²) in [6, 6.07) is 10.2. The molecule has 2 heterocycles. The lowest BCUT2D eigenvalue weighted by Crippen LogP contribution is -1.92. The van der Waals surface area contributed by atoms with Gasteiger partial charge in [-0.1, -0.05) is 43.3 Å². The van der Waals surface area contributed by atoms with Gasteiger partial charge in [-0.15, -0.1) is 0 Å². The van der Waals surface area contributed by atoms with Gasteiger partial charge in [0, 0.05) is 13.2 Å². The van der Waals surface area contributed by atoms with Crippen LogP contribution in [0.15, 0.2) is 41.1 Å². The molecule has 0 saturated carbocycles. The summed E-state index contributed by atoms with van der Waals surface area (Å²) >= 11 is 0. The second-order valence-electron chi connectivity index (χ2n) is 5.42. The number of benzene rings is 1. The van der Waals surface area contributed by atoms with Crippen molar-refractivity contribution in [2.75, 3.05) is 5.73 Å². The molecule has 3 rings (SSSR count). The molecule has 21 heavy (non-hydrogen) atoms. The Kier molecular flexibility index (Phi) is 3.25. The summed E-state index contributed by atoms with van der Waals surface area (Å²) in [6.45, 7) is 4.34. The average Bonchev–Trinajstić information content (AvgIpc) is 3.05. The van der Waals surface area contributed by atoms with E-state index in [1.165, 1.54) is 5.56 Å². The fourth-order valence-electron chi connectivity index (χ4n) is 2.33. The highest BCUT2D eigenvalue weighted by atomic mass is 16.5. The standard InChI is InChI=1S/C16H18N4O/c1-10(2)11-4-6-12(7-5-11)14-15(19-21-16(14)17)13-8-9-20(3)18-13/h4-10H,17H2,1-3H3. The molecular weight excluding hydrogens is 264 g/mol. The largest absolute Gasteiger partial charge is 0.367 e. The molecule has 108 valence electrons. The van der Waals surface area contributed by atoms with Crippen LogP contribution in [-0.2, 0) is 7.05 Å². The molecule has 0 saturated heterocycles. The molecule has 0 aliphatic rings. The third-order valence-electron chi connectivity index (χ3n) is 3.54. The molecule has 0 spiro atoms. The van der Waals surface area contributed by atoms with E-state index in [0.717, 1.165) is 16.8 Å². The normalized spacial score (nSPS) is 11.2. The first kappa shape index (κ1) is 13.4. The van der Waals surface area contributed by atoms with Gasteiger partial charge >= 0.3 is 0 Å². The van der Waals surface area contributed by atoms with Crippen LogP contribution in [0, 0.1) is 0 Å².